The molecule has 2 saturated heterocycles. The molecule has 0 saturated carbocycles. The maximum absolute atomic E-state index is 5.25. The Kier molecular flexibility index (Phi) is 1.70. The van der Waals surface area contributed by atoms with E-state index in [-0.39, 0.29) is 11.9 Å². The van der Waals surface area contributed by atoms with Crippen LogP contribution in [0.2, 0.25) is 0 Å². The van der Waals surface area contributed by atoms with Gasteiger partial charge in [0.05, 0.1) is 5.60 Å². The van der Waals surface area contributed by atoms with E-state index in [4.69, 9.17) is 19.6 Å². The molecule has 1 atom stereocenters. The molecule has 2 rings (SSSR count). The highest BCUT2D eigenvalue weighted by Gasteiger charge is 2.52. The monoisotopic (exact) mass is 174 g/mol. The summed E-state index contributed by atoms with van der Waals surface area (Å²) in [6.45, 7) is 5.93. The molecule has 0 bridgehead atoms. The molecule has 12 heavy (non-hydrogen) atoms. The van der Waals surface area contributed by atoms with Crippen LogP contribution in [0.5, 0.6) is 0 Å². The smallest absolute Gasteiger partial charge is 0.230 e. The number of rotatable bonds is 1. The topological polar surface area (TPSA) is 43.5 Å². The van der Waals surface area contributed by atoms with Crippen LogP contribution in [-0.2, 0) is 19.6 Å². The van der Waals surface area contributed by atoms with Crippen LogP contribution in [0.3, 0.4) is 0 Å². The molecule has 0 amide bonds. The SMILES string of the molecule is CC1(C)CCC(C)(C2OO2)OO1. The molecule has 0 aromatic heterocycles. The molecule has 0 aromatic rings. The average molecular weight is 174 g/mol. The molecule has 4 heteroatoms. The predicted octanol–water partition coefficient (Wildman–Crippen LogP) is 1.55. The predicted molar refractivity (Wildman–Crippen MR) is 39.8 cm³/mol. The lowest BCUT2D eigenvalue weighted by Gasteiger charge is -2.37. The zero-order valence-electron chi connectivity index (χ0n) is 7.62. The van der Waals surface area contributed by atoms with Crippen molar-refractivity contribution in [2.45, 2.75) is 51.1 Å². The van der Waals surface area contributed by atoms with Crippen molar-refractivity contribution < 1.29 is 19.6 Å². The first-order valence-electron chi connectivity index (χ1n) is 4.21. The Hall–Kier alpha value is -0.160. The van der Waals surface area contributed by atoms with Crippen molar-refractivity contribution in [3.05, 3.63) is 0 Å². The minimum atomic E-state index is -0.421. The van der Waals surface area contributed by atoms with Crippen LogP contribution in [0.25, 0.3) is 0 Å². The summed E-state index contributed by atoms with van der Waals surface area (Å²) in [5, 5.41) is 0. The fraction of sp³-hybridized carbons (Fsp3) is 1.00. The highest BCUT2D eigenvalue weighted by molar-refractivity contribution is 4.86. The fourth-order valence-electron chi connectivity index (χ4n) is 1.23. The summed E-state index contributed by atoms with van der Waals surface area (Å²) >= 11 is 0. The van der Waals surface area contributed by atoms with Crippen LogP contribution in [0.4, 0.5) is 0 Å². The lowest BCUT2D eigenvalue weighted by molar-refractivity contribution is -0.433. The summed E-state index contributed by atoms with van der Waals surface area (Å²) in [6, 6.07) is 0. The van der Waals surface area contributed by atoms with Crippen LogP contribution in [-0.4, -0.2) is 17.5 Å². The van der Waals surface area contributed by atoms with Gasteiger partial charge >= 0.3 is 0 Å². The van der Waals surface area contributed by atoms with Crippen LogP contribution < -0.4 is 0 Å². The average Bonchev–Trinajstić information content (AvgIpc) is 2.78. The molecule has 2 fully saturated rings. The molecule has 0 radical (unpaired) electrons. The third-order valence-corrected chi connectivity index (χ3v) is 2.37. The molecule has 0 aromatic carbocycles. The maximum Gasteiger partial charge on any atom is 0.256 e. The van der Waals surface area contributed by atoms with Crippen LogP contribution in [0, 0.1) is 0 Å². The van der Waals surface area contributed by atoms with E-state index in [0.29, 0.717) is 0 Å². The van der Waals surface area contributed by atoms with Gasteiger partial charge in [0.2, 0.25) is 0 Å². The highest BCUT2D eigenvalue weighted by atomic mass is 17.4. The van der Waals surface area contributed by atoms with Gasteiger partial charge in [-0.1, -0.05) is 0 Å². The summed E-state index contributed by atoms with van der Waals surface area (Å²) in [5.74, 6) is 0. The Morgan fingerprint density at radius 2 is 1.67 bits per heavy atom. The molecule has 2 aliphatic heterocycles. The molecule has 4 nitrogen and oxygen atoms in total. The van der Waals surface area contributed by atoms with Gasteiger partial charge in [-0.15, -0.1) is 0 Å². The summed E-state index contributed by atoms with van der Waals surface area (Å²) in [4.78, 5) is 19.9. The lowest BCUT2D eigenvalue weighted by atomic mass is 9.91. The van der Waals surface area contributed by atoms with E-state index in [1.54, 1.807) is 0 Å². The van der Waals surface area contributed by atoms with Gasteiger partial charge in [0.1, 0.15) is 0 Å². The van der Waals surface area contributed by atoms with Crippen molar-refractivity contribution in [2.24, 2.45) is 0 Å². The Labute approximate surface area is 71.6 Å². The lowest BCUT2D eigenvalue weighted by Crippen LogP contribution is -2.45. The van der Waals surface area contributed by atoms with E-state index in [1.165, 1.54) is 0 Å². The van der Waals surface area contributed by atoms with E-state index < -0.39 is 5.60 Å². The van der Waals surface area contributed by atoms with E-state index in [2.05, 4.69) is 0 Å². The summed E-state index contributed by atoms with van der Waals surface area (Å²) in [5.41, 5.74) is -0.607. The summed E-state index contributed by atoms with van der Waals surface area (Å²) in [6.07, 6.45) is 1.60. The second kappa shape index (κ2) is 2.42. The Bertz CT molecular complexity index is 175. The third-order valence-electron chi connectivity index (χ3n) is 2.37. The molecule has 0 spiro atoms. The van der Waals surface area contributed by atoms with Crippen molar-refractivity contribution >= 4 is 0 Å². The van der Waals surface area contributed by atoms with Crippen molar-refractivity contribution in [3.8, 4) is 0 Å². The van der Waals surface area contributed by atoms with E-state index >= 15 is 0 Å². The van der Waals surface area contributed by atoms with E-state index in [0.717, 1.165) is 12.8 Å². The van der Waals surface area contributed by atoms with Crippen molar-refractivity contribution in [1.82, 2.24) is 0 Å². The van der Waals surface area contributed by atoms with Crippen LogP contribution in [0.1, 0.15) is 33.6 Å². The Balaban J connectivity index is 1.96. The van der Waals surface area contributed by atoms with Gasteiger partial charge in [0, 0.05) is 0 Å². The summed E-state index contributed by atoms with van der Waals surface area (Å²) < 4.78 is 0. The molecule has 70 valence electrons. The van der Waals surface area contributed by atoms with Gasteiger partial charge < -0.3 is 0 Å². The standard InChI is InChI=1S/C8H14O4/c1-7(2)4-5-8(3,12-11-7)6-9-10-6/h6H,4-5H2,1-3H3. The van der Waals surface area contributed by atoms with Crippen molar-refractivity contribution in [2.75, 3.05) is 0 Å². The second-order valence-electron chi connectivity index (χ2n) is 4.26. The highest BCUT2D eigenvalue weighted by Crippen LogP contribution is 2.40. The van der Waals surface area contributed by atoms with Gasteiger partial charge in [-0.2, -0.15) is 9.78 Å². The quantitative estimate of drug-likeness (QED) is 0.447. The van der Waals surface area contributed by atoms with Gasteiger partial charge in [0.25, 0.3) is 6.29 Å². The van der Waals surface area contributed by atoms with Crippen molar-refractivity contribution in [3.63, 3.8) is 0 Å². The van der Waals surface area contributed by atoms with Gasteiger partial charge in [0.15, 0.2) is 5.60 Å². The Morgan fingerprint density at radius 1 is 1.00 bits per heavy atom. The van der Waals surface area contributed by atoms with E-state index in [1.807, 2.05) is 20.8 Å². The van der Waals surface area contributed by atoms with Gasteiger partial charge in [-0.25, -0.2) is 9.78 Å². The Morgan fingerprint density at radius 3 is 2.08 bits per heavy atom. The molecular formula is C8H14O4. The second-order valence-corrected chi connectivity index (χ2v) is 4.26. The minimum absolute atomic E-state index is 0.186. The largest absolute Gasteiger partial charge is 0.256 e. The first-order valence-corrected chi connectivity index (χ1v) is 4.21. The molecule has 1 unspecified atom stereocenters. The van der Waals surface area contributed by atoms with E-state index in [9.17, 15) is 0 Å². The molecular weight excluding hydrogens is 160 g/mol. The van der Waals surface area contributed by atoms with Gasteiger partial charge in [-0.05, 0) is 33.6 Å². The normalized spacial score (nSPS) is 41.2. The minimum Gasteiger partial charge on any atom is -0.230 e. The number of hydrogen-bond donors (Lipinski definition) is 0. The van der Waals surface area contributed by atoms with Crippen LogP contribution in [0.15, 0.2) is 0 Å². The third kappa shape index (κ3) is 1.47. The molecule has 0 N–H and O–H groups in total. The number of hydrogen-bond acceptors (Lipinski definition) is 4. The maximum atomic E-state index is 5.25. The zero-order chi connectivity index (χ0) is 8.82. The zero-order valence-corrected chi connectivity index (χ0v) is 7.62. The fourth-order valence-corrected chi connectivity index (χ4v) is 1.23. The molecule has 2 aliphatic rings. The van der Waals surface area contributed by atoms with Crippen LogP contribution >= 0.6 is 0 Å². The van der Waals surface area contributed by atoms with Crippen molar-refractivity contribution in [1.29, 1.82) is 0 Å². The first-order chi connectivity index (χ1) is 5.52. The molecule has 2 heterocycles. The molecule has 0 aliphatic carbocycles. The summed E-state index contributed by atoms with van der Waals surface area (Å²) in [7, 11) is 0. The first kappa shape index (κ1) is 8.44. The van der Waals surface area contributed by atoms with Gasteiger partial charge in [-0.3, -0.25) is 0 Å².